The summed E-state index contributed by atoms with van der Waals surface area (Å²) in [5, 5.41) is 26.7. The van der Waals surface area contributed by atoms with Crippen LogP contribution in [0.2, 0.25) is 10.0 Å². The van der Waals surface area contributed by atoms with E-state index in [1.807, 2.05) is 0 Å². The normalized spacial score (nSPS) is 15.1. The van der Waals surface area contributed by atoms with Crippen molar-refractivity contribution in [3.05, 3.63) is 103 Å². The fourth-order valence-electron chi connectivity index (χ4n) is 3.97. The SMILES string of the molecule is N#Cc1cc([N+](=O)[O-])ccc1NC(=O)/C(=N/N)[C@@H](C(=O)c1ccc(Cl)c(Cl)c1)[C@H]1OC(=O)c2ccccc21. The minimum Gasteiger partial charge on any atom is -0.453 e. The Bertz CT molecular complexity index is 1580. The summed E-state index contributed by atoms with van der Waals surface area (Å²) >= 11 is 12.1. The van der Waals surface area contributed by atoms with Crippen molar-refractivity contribution in [3.8, 4) is 6.07 Å². The summed E-state index contributed by atoms with van der Waals surface area (Å²) in [4.78, 5) is 50.0. The molecule has 0 aliphatic carbocycles. The van der Waals surface area contributed by atoms with Crippen molar-refractivity contribution >= 4 is 57.9 Å². The highest BCUT2D eigenvalue weighted by atomic mass is 35.5. The van der Waals surface area contributed by atoms with Gasteiger partial charge in [-0.3, -0.25) is 19.7 Å². The topological polar surface area (TPSA) is 178 Å². The van der Waals surface area contributed by atoms with Crippen LogP contribution in [0.25, 0.3) is 0 Å². The number of amides is 1. The highest BCUT2D eigenvalue weighted by Crippen LogP contribution is 2.39. The van der Waals surface area contributed by atoms with Crippen LogP contribution in [0.3, 0.4) is 0 Å². The van der Waals surface area contributed by atoms with Gasteiger partial charge in [-0.25, -0.2) is 4.79 Å². The van der Waals surface area contributed by atoms with Crippen LogP contribution in [0.5, 0.6) is 0 Å². The van der Waals surface area contributed by atoms with Gasteiger partial charge in [-0.1, -0.05) is 41.4 Å². The molecule has 0 saturated carbocycles. The standard InChI is InChI=1S/C25H15Cl2N5O6/c26-17-7-5-12(10-18(17)27)22(33)20(23-15-3-1-2-4-16(15)25(35)38-23)21(31-29)24(34)30-19-8-6-14(32(36)37)9-13(19)11-28/h1-10,20,23H,29H2,(H,30,34)/b31-21+/t20-,23-/m0/s1. The van der Waals surface area contributed by atoms with Gasteiger partial charge in [0.2, 0.25) is 0 Å². The van der Waals surface area contributed by atoms with E-state index in [1.54, 1.807) is 24.3 Å². The number of anilines is 1. The summed E-state index contributed by atoms with van der Waals surface area (Å²) in [7, 11) is 0. The van der Waals surface area contributed by atoms with Gasteiger partial charge in [0, 0.05) is 23.3 Å². The molecule has 190 valence electrons. The van der Waals surface area contributed by atoms with E-state index in [9.17, 15) is 29.8 Å². The number of ketones is 1. The first kappa shape index (κ1) is 26.3. The molecule has 3 N–H and O–H groups in total. The quantitative estimate of drug-likeness (QED) is 0.108. The van der Waals surface area contributed by atoms with E-state index in [0.29, 0.717) is 5.56 Å². The number of nitro groups is 1. The van der Waals surface area contributed by atoms with Crippen molar-refractivity contribution in [2.24, 2.45) is 16.9 Å². The Morgan fingerprint density at radius 2 is 1.87 bits per heavy atom. The number of fused-ring (bicyclic) bond motifs is 1. The molecule has 4 rings (SSSR count). The second-order valence-corrected chi connectivity index (χ2v) is 8.77. The Morgan fingerprint density at radius 3 is 2.53 bits per heavy atom. The zero-order valence-electron chi connectivity index (χ0n) is 19.1. The molecule has 11 nitrogen and oxygen atoms in total. The number of nitrogens with one attached hydrogen (secondary N) is 1. The van der Waals surface area contributed by atoms with Crippen LogP contribution < -0.4 is 11.2 Å². The van der Waals surface area contributed by atoms with Crippen molar-refractivity contribution in [1.82, 2.24) is 0 Å². The van der Waals surface area contributed by atoms with Crippen LogP contribution >= 0.6 is 23.2 Å². The van der Waals surface area contributed by atoms with Crippen LogP contribution in [-0.4, -0.2) is 28.3 Å². The number of nitriles is 1. The number of halogens is 2. The Labute approximate surface area is 224 Å². The number of cyclic esters (lactones) is 1. The average Bonchev–Trinajstić information content (AvgIpc) is 3.24. The number of hydrazone groups is 1. The summed E-state index contributed by atoms with van der Waals surface area (Å²) in [6.45, 7) is 0. The molecule has 0 saturated heterocycles. The fourth-order valence-corrected chi connectivity index (χ4v) is 4.27. The molecule has 1 aliphatic heterocycles. The van der Waals surface area contributed by atoms with E-state index in [0.717, 1.165) is 18.2 Å². The molecule has 3 aromatic rings. The smallest absolute Gasteiger partial charge is 0.339 e. The first-order valence-electron chi connectivity index (χ1n) is 10.7. The van der Waals surface area contributed by atoms with Crippen LogP contribution in [0.1, 0.15) is 37.9 Å². The van der Waals surface area contributed by atoms with Crippen LogP contribution in [0, 0.1) is 27.4 Å². The molecular weight excluding hydrogens is 537 g/mol. The maximum absolute atomic E-state index is 13.8. The number of hydrogen-bond acceptors (Lipinski definition) is 9. The number of hydrogen-bond donors (Lipinski definition) is 2. The second-order valence-electron chi connectivity index (χ2n) is 7.95. The lowest BCUT2D eigenvalue weighted by Crippen LogP contribution is -2.39. The Hall–Kier alpha value is -4.79. The van der Waals surface area contributed by atoms with Gasteiger partial charge in [0.05, 0.1) is 31.8 Å². The maximum Gasteiger partial charge on any atom is 0.339 e. The third kappa shape index (κ3) is 4.90. The molecule has 0 spiro atoms. The zero-order valence-corrected chi connectivity index (χ0v) is 20.6. The largest absolute Gasteiger partial charge is 0.453 e. The van der Waals surface area contributed by atoms with E-state index >= 15 is 0 Å². The van der Waals surface area contributed by atoms with Crippen molar-refractivity contribution in [3.63, 3.8) is 0 Å². The van der Waals surface area contributed by atoms with Gasteiger partial charge in [0.15, 0.2) is 5.78 Å². The predicted octanol–water partition coefficient (Wildman–Crippen LogP) is 4.44. The lowest BCUT2D eigenvalue weighted by atomic mass is 9.84. The molecule has 38 heavy (non-hydrogen) atoms. The minimum absolute atomic E-state index is 0.0341. The number of esters is 1. The third-order valence-corrected chi connectivity index (χ3v) is 6.50. The number of rotatable bonds is 7. The molecule has 2 atom stereocenters. The molecular formula is C25H15Cl2N5O6. The van der Waals surface area contributed by atoms with Gasteiger partial charge < -0.3 is 15.9 Å². The number of nitrogens with zero attached hydrogens (tertiary/aromatic N) is 3. The summed E-state index contributed by atoms with van der Waals surface area (Å²) in [5.74, 6) is 1.63. The summed E-state index contributed by atoms with van der Waals surface area (Å²) in [6, 6.07) is 15.3. The van der Waals surface area contributed by atoms with Crippen molar-refractivity contribution in [2.75, 3.05) is 5.32 Å². The molecule has 1 aliphatic rings. The van der Waals surface area contributed by atoms with Gasteiger partial charge in [0.25, 0.3) is 11.6 Å². The van der Waals surface area contributed by atoms with Crippen molar-refractivity contribution < 1.29 is 24.0 Å². The maximum atomic E-state index is 13.8. The fraction of sp³-hybridized carbons (Fsp3) is 0.0800. The number of benzene rings is 3. The minimum atomic E-state index is -1.53. The molecule has 1 heterocycles. The van der Waals surface area contributed by atoms with Crippen LogP contribution in [0.15, 0.2) is 65.8 Å². The first-order valence-corrected chi connectivity index (χ1v) is 11.5. The van der Waals surface area contributed by atoms with Gasteiger partial charge in [-0.15, -0.1) is 0 Å². The number of Topliss-reactive ketones (excluding diaryl/α,β-unsaturated/α-hetero) is 1. The van der Waals surface area contributed by atoms with Crippen LogP contribution in [-0.2, 0) is 9.53 Å². The monoisotopic (exact) mass is 551 g/mol. The van der Waals surface area contributed by atoms with Crippen molar-refractivity contribution in [1.29, 1.82) is 5.26 Å². The zero-order chi connectivity index (χ0) is 27.6. The van der Waals surface area contributed by atoms with E-state index in [-0.39, 0.29) is 38.1 Å². The second kappa shape index (κ2) is 10.7. The summed E-state index contributed by atoms with van der Waals surface area (Å²) in [5.41, 5.74) is -0.636. The van der Waals surface area contributed by atoms with Crippen molar-refractivity contribution in [2.45, 2.75) is 6.10 Å². The summed E-state index contributed by atoms with van der Waals surface area (Å²) in [6.07, 6.45) is -1.28. The summed E-state index contributed by atoms with van der Waals surface area (Å²) < 4.78 is 5.50. The number of ether oxygens (including phenoxy) is 1. The molecule has 0 bridgehead atoms. The van der Waals surface area contributed by atoms with E-state index in [4.69, 9.17) is 33.8 Å². The predicted molar refractivity (Wildman–Crippen MR) is 137 cm³/mol. The van der Waals surface area contributed by atoms with Gasteiger partial charge >= 0.3 is 5.97 Å². The average molecular weight is 552 g/mol. The third-order valence-electron chi connectivity index (χ3n) is 5.76. The molecule has 1 amide bonds. The number of non-ortho nitro benzene ring substituents is 1. The molecule has 0 radical (unpaired) electrons. The molecule has 0 fully saturated rings. The van der Waals surface area contributed by atoms with Gasteiger partial charge in [-0.2, -0.15) is 10.4 Å². The van der Waals surface area contributed by atoms with E-state index in [2.05, 4.69) is 10.4 Å². The number of carbonyl (C=O) groups excluding carboxylic acids is 3. The molecule has 3 aromatic carbocycles. The van der Waals surface area contributed by atoms with Crippen LogP contribution in [0.4, 0.5) is 11.4 Å². The number of nitro benzene ring substituents is 1. The lowest BCUT2D eigenvalue weighted by Gasteiger charge is -2.23. The highest BCUT2D eigenvalue weighted by molar-refractivity contribution is 6.48. The molecule has 0 unspecified atom stereocenters. The Balaban J connectivity index is 1.78. The molecule has 0 aromatic heterocycles. The number of carbonyl (C=O) groups is 3. The highest BCUT2D eigenvalue weighted by Gasteiger charge is 2.45. The Morgan fingerprint density at radius 1 is 1.13 bits per heavy atom. The first-order chi connectivity index (χ1) is 18.2. The number of nitrogens with two attached hydrogens (primary N) is 1. The lowest BCUT2D eigenvalue weighted by molar-refractivity contribution is -0.384. The van der Waals surface area contributed by atoms with E-state index < -0.39 is 40.3 Å². The Kier molecular flexibility index (Phi) is 7.38. The van der Waals surface area contributed by atoms with Gasteiger partial charge in [-0.05, 0) is 30.3 Å². The van der Waals surface area contributed by atoms with E-state index in [1.165, 1.54) is 24.3 Å². The van der Waals surface area contributed by atoms with Gasteiger partial charge in [0.1, 0.15) is 23.8 Å². The molecule has 13 heteroatoms.